The third-order valence-corrected chi connectivity index (χ3v) is 1.76. The van der Waals surface area contributed by atoms with E-state index < -0.39 is 15.1 Å². The first-order valence-electron chi connectivity index (χ1n) is 2.23. The zero-order valence-electron chi connectivity index (χ0n) is 4.26. The van der Waals surface area contributed by atoms with E-state index in [0.717, 1.165) is 0 Å². The molecule has 0 aromatic carbocycles. The third-order valence-electron chi connectivity index (χ3n) is 0.585. The van der Waals surface area contributed by atoms with Gasteiger partial charge in [-0.25, -0.2) is 0 Å². The summed E-state index contributed by atoms with van der Waals surface area (Å²) in [6, 6.07) is 0.698. The van der Waals surface area contributed by atoms with E-state index in [0.29, 0.717) is 6.04 Å². The summed E-state index contributed by atoms with van der Waals surface area (Å²) in [7, 11) is -1.07. The lowest BCUT2D eigenvalue weighted by Crippen LogP contribution is -2.34. The van der Waals surface area contributed by atoms with Crippen LogP contribution in [0.4, 0.5) is 0 Å². The molecular formula is C3H10O3Si. The van der Waals surface area contributed by atoms with Gasteiger partial charge in [-0.3, -0.25) is 0 Å². The van der Waals surface area contributed by atoms with Crippen LogP contribution in [0.25, 0.3) is 0 Å². The van der Waals surface area contributed by atoms with Crippen molar-refractivity contribution in [1.29, 1.82) is 0 Å². The topological polar surface area (TPSA) is 60.7 Å². The highest BCUT2D eigenvalue weighted by Crippen LogP contribution is 1.90. The molecule has 0 heterocycles. The van der Waals surface area contributed by atoms with Crippen LogP contribution in [0.3, 0.4) is 0 Å². The van der Waals surface area contributed by atoms with E-state index in [-0.39, 0.29) is 0 Å². The molecule has 0 radical (unpaired) electrons. The van der Waals surface area contributed by atoms with Crippen LogP contribution >= 0.6 is 0 Å². The molecule has 0 aliphatic heterocycles. The summed E-state index contributed by atoms with van der Waals surface area (Å²) < 4.78 is 0. The average Bonchev–Trinajstić information content (AvgIpc) is 1.30. The van der Waals surface area contributed by atoms with E-state index in [1.54, 1.807) is 0 Å². The fourth-order valence-electron chi connectivity index (χ4n) is 0.335. The molecule has 3 nitrogen and oxygen atoms in total. The quantitative estimate of drug-likeness (QED) is 0.298. The number of hydrogen-bond acceptors (Lipinski definition) is 3. The molecule has 0 aliphatic rings. The zero-order chi connectivity index (χ0) is 5.91. The largest absolute Gasteiger partial charge is 0.348 e. The van der Waals surface area contributed by atoms with Gasteiger partial charge in [0.2, 0.25) is 5.60 Å². The maximum Gasteiger partial charge on any atom is 0.241 e. The normalized spacial score (nSPS) is 13.7. The third kappa shape index (κ3) is 6.10. The molecule has 0 aliphatic carbocycles. The minimum Gasteiger partial charge on any atom is -0.348 e. The lowest BCUT2D eigenvalue weighted by Gasteiger charge is -2.10. The van der Waals surface area contributed by atoms with E-state index >= 15 is 0 Å². The summed E-state index contributed by atoms with van der Waals surface area (Å²) in [5.41, 5.74) is -2.31. The smallest absolute Gasteiger partial charge is 0.241 e. The first-order chi connectivity index (χ1) is 3.06. The molecule has 0 saturated carbocycles. The highest BCUT2D eigenvalue weighted by molar-refractivity contribution is 6.37. The monoisotopic (exact) mass is 122 g/mol. The van der Waals surface area contributed by atoms with Crippen molar-refractivity contribution in [2.45, 2.75) is 18.6 Å². The van der Waals surface area contributed by atoms with Crippen LogP contribution in [-0.4, -0.2) is 30.4 Å². The molecule has 0 rings (SSSR count). The Bertz CT molecular complexity index is 48.6. The Morgan fingerprint density at radius 1 is 1.43 bits per heavy atom. The Morgan fingerprint density at radius 3 is 1.86 bits per heavy atom. The molecule has 44 valence electrons. The van der Waals surface area contributed by atoms with Crippen LogP contribution in [0, 0.1) is 0 Å². The Hall–Kier alpha value is 0.0969. The fourth-order valence-corrected chi connectivity index (χ4v) is 1.01. The molecule has 3 N–H and O–H groups in total. The second kappa shape index (κ2) is 2.42. The Kier molecular flexibility index (Phi) is 2.45. The molecule has 0 atom stereocenters. The van der Waals surface area contributed by atoms with Crippen LogP contribution in [0.2, 0.25) is 6.04 Å². The van der Waals surface area contributed by atoms with Gasteiger partial charge in [0.25, 0.3) is 0 Å². The van der Waals surface area contributed by atoms with Crippen molar-refractivity contribution in [2.24, 2.45) is 0 Å². The van der Waals surface area contributed by atoms with Crippen LogP contribution < -0.4 is 0 Å². The van der Waals surface area contributed by atoms with Crippen molar-refractivity contribution < 1.29 is 15.3 Å². The molecular weight excluding hydrogens is 112 g/mol. The van der Waals surface area contributed by atoms with Gasteiger partial charge in [0, 0.05) is 0 Å². The Labute approximate surface area is 44.4 Å². The van der Waals surface area contributed by atoms with Gasteiger partial charge < -0.3 is 15.3 Å². The van der Waals surface area contributed by atoms with E-state index in [1.165, 1.54) is 0 Å². The van der Waals surface area contributed by atoms with E-state index in [2.05, 4.69) is 0 Å². The number of hydrogen-bond donors (Lipinski definition) is 3. The van der Waals surface area contributed by atoms with E-state index in [1.807, 2.05) is 6.92 Å². The molecule has 0 amide bonds. The van der Waals surface area contributed by atoms with Gasteiger partial charge in [-0.15, -0.1) is 0 Å². The van der Waals surface area contributed by atoms with Gasteiger partial charge in [-0.1, -0.05) is 13.0 Å². The SMILES string of the molecule is CC[SiH2]C(O)(O)O. The van der Waals surface area contributed by atoms with E-state index in [9.17, 15) is 0 Å². The summed E-state index contributed by atoms with van der Waals surface area (Å²) in [4.78, 5) is 0. The second-order valence-electron chi connectivity index (χ2n) is 1.52. The predicted molar refractivity (Wildman–Crippen MR) is 28.4 cm³/mol. The minimum absolute atomic E-state index is 0.698. The maximum atomic E-state index is 8.19. The lowest BCUT2D eigenvalue weighted by molar-refractivity contribution is -0.246. The maximum absolute atomic E-state index is 8.19. The summed E-state index contributed by atoms with van der Waals surface area (Å²) in [6.07, 6.45) is 0. The number of rotatable bonds is 2. The summed E-state index contributed by atoms with van der Waals surface area (Å²) in [6.45, 7) is 1.81. The first-order valence-corrected chi connectivity index (χ1v) is 3.94. The summed E-state index contributed by atoms with van der Waals surface area (Å²) >= 11 is 0. The molecule has 0 unspecified atom stereocenters. The number of aliphatic hydroxyl groups is 3. The van der Waals surface area contributed by atoms with Gasteiger partial charge in [0.05, 0.1) is 0 Å². The Morgan fingerprint density at radius 2 is 1.86 bits per heavy atom. The second-order valence-corrected chi connectivity index (χ2v) is 3.97. The highest BCUT2D eigenvalue weighted by atomic mass is 28.2. The molecule has 7 heavy (non-hydrogen) atoms. The zero-order valence-corrected chi connectivity index (χ0v) is 5.67. The standard InChI is InChI=1S/C3H10O3Si/c1-2-7-3(4,5)6/h4-6H,2,7H2,1H3. The average molecular weight is 122 g/mol. The van der Waals surface area contributed by atoms with Crippen LogP contribution in [0.5, 0.6) is 0 Å². The van der Waals surface area contributed by atoms with Crippen LogP contribution in [-0.2, 0) is 0 Å². The van der Waals surface area contributed by atoms with Crippen molar-refractivity contribution in [3.05, 3.63) is 0 Å². The summed E-state index contributed by atoms with van der Waals surface area (Å²) in [5.74, 6) is 0. The van der Waals surface area contributed by atoms with Crippen LogP contribution in [0.15, 0.2) is 0 Å². The summed E-state index contributed by atoms with van der Waals surface area (Å²) in [5, 5.41) is 24.6. The first kappa shape index (κ1) is 7.10. The van der Waals surface area contributed by atoms with E-state index in [4.69, 9.17) is 15.3 Å². The van der Waals surface area contributed by atoms with Gasteiger partial charge in [0.15, 0.2) is 0 Å². The van der Waals surface area contributed by atoms with Crippen LogP contribution in [0.1, 0.15) is 6.92 Å². The fraction of sp³-hybridized carbons (Fsp3) is 1.00. The van der Waals surface area contributed by atoms with Gasteiger partial charge in [-0.05, 0) is 0 Å². The predicted octanol–water partition coefficient (Wildman–Crippen LogP) is -1.82. The van der Waals surface area contributed by atoms with Gasteiger partial charge in [-0.2, -0.15) is 0 Å². The van der Waals surface area contributed by atoms with Crippen molar-refractivity contribution in [3.8, 4) is 0 Å². The van der Waals surface area contributed by atoms with Crippen molar-refractivity contribution in [2.75, 3.05) is 0 Å². The van der Waals surface area contributed by atoms with Crippen molar-refractivity contribution in [1.82, 2.24) is 0 Å². The van der Waals surface area contributed by atoms with Crippen molar-refractivity contribution in [3.63, 3.8) is 0 Å². The molecule has 0 bridgehead atoms. The molecule has 0 aromatic heterocycles. The molecule has 4 heteroatoms. The molecule has 0 fully saturated rings. The van der Waals surface area contributed by atoms with Crippen molar-refractivity contribution >= 4 is 9.52 Å². The highest BCUT2D eigenvalue weighted by Gasteiger charge is 2.14. The Balaban J connectivity index is 3.15. The lowest BCUT2D eigenvalue weighted by atomic mass is 11.0. The van der Waals surface area contributed by atoms with Gasteiger partial charge in [0.1, 0.15) is 9.52 Å². The molecule has 0 aromatic rings. The minimum atomic E-state index is -2.31. The molecule has 0 spiro atoms. The molecule has 0 saturated heterocycles. The van der Waals surface area contributed by atoms with Gasteiger partial charge >= 0.3 is 0 Å².